The highest BCUT2D eigenvalue weighted by Gasteiger charge is 2.50. The molecule has 0 spiro atoms. The van der Waals surface area contributed by atoms with Gasteiger partial charge in [-0.1, -0.05) is 0 Å². The van der Waals surface area contributed by atoms with Gasteiger partial charge in [0.05, 0.1) is 18.8 Å². The Kier molecular flexibility index (Phi) is 3.16. The summed E-state index contributed by atoms with van der Waals surface area (Å²) in [6, 6.07) is 0. The Balaban J connectivity index is 1.70. The summed E-state index contributed by atoms with van der Waals surface area (Å²) >= 11 is 0. The fourth-order valence-corrected chi connectivity index (χ4v) is 3.33. The van der Waals surface area contributed by atoms with Crippen molar-refractivity contribution in [1.29, 1.82) is 0 Å². The smallest absolute Gasteiger partial charge is 0.0709 e. The molecular formula is C12H22N2O2. The predicted molar refractivity (Wildman–Crippen MR) is 61.5 cm³/mol. The van der Waals surface area contributed by atoms with E-state index in [1.54, 1.807) is 0 Å². The van der Waals surface area contributed by atoms with Crippen molar-refractivity contribution in [1.82, 2.24) is 10.2 Å². The van der Waals surface area contributed by atoms with Gasteiger partial charge in [0.1, 0.15) is 0 Å². The highest BCUT2D eigenvalue weighted by molar-refractivity contribution is 5.03. The van der Waals surface area contributed by atoms with Crippen LogP contribution in [0.3, 0.4) is 0 Å². The lowest BCUT2D eigenvalue weighted by Gasteiger charge is -2.56. The van der Waals surface area contributed by atoms with E-state index in [1.807, 2.05) is 0 Å². The van der Waals surface area contributed by atoms with Crippen LogP contribution in [0, 0.1) is 5.92 Å². The molecule has 3 saturated heterocycles. The van der Waals surface area contributed by atoms with Gasteiger partial charge in [0.15, 0.2) is 0 Å². The number of rotatable bonds is 2. The highest BCUT2D eigenvalue weighted by atomic mass is 16.5. The molecule has 1 N–H and O–H groups in total. The molecule has 3 heterocycles. The second-order valence-corrected chi connectivity index (χ2v) is 5.22. The molecule has 3 fully saturated rings. The van der Waals surface area contributed by atoms with Crippen molar-refractivity contribution in [3.05, 3.63) is 0 Å². The third-order valence-electron chi connectivity index (χ3n) is 4.43. The number of hydrogen-bond donors (Lipinski definition) is 1. The van der Waals surface area contributed by atoms with E-state index in [-0.39, 0.29) is 0 Å². The minimum Gasteiger partial charge on any atom is -0.381 e. The molecule has 0 aromatic carbocycles. The van der Waals surface area contributed by atoms with Gasteiger partial charge in [0, 0.05) is 39.4 Å². The van der Waals surface area contributed by atoms with E-state index in [2.05, 4.69) is 10.2 Å². The number of piperazine rings is 1. The molecular weight excluding hydrogens is 204 g/mol. The third kappa shape index (κ3) is 1.78. The van der Waals surface area contributed by atoms with Crippen molar-refractivity contribution in [3.63, 3.8) is 0 Å². The van der Waals surface area contributed by atoms with Gasteiger partial charge >= 0.3 is 0 Å². The van der Waals surface area contributed by atoms with E-state index in [4.69, 9.17) is 9.47 Å². The van der Waals surface area contributed by atoms with E-state index in [1.165, 1.54) is 25.9 Å². The van der Waals surface area contributed by atoms with Crippen molar-refractivity contribution in [3.8, 4) is 0 Å². The van der Waals surface area contributed by atoms with E-state index in [0.717, 1.165) is 45.4 Å². The Morgan fingerprint density at radius 3 is 2.25 bits per heavy atom. The first-order valence-corrected chi connectivity index (χ1v) is 6.53. The zero-order chi connectivity index (χ0) is 10.8. The monoisotopic (exact) mass is 226 g/mol. The van der Waals surface area contributed by atoms with Gasteiger partial charge in [-0.2, -0.15) is 0 Å². The molecule has 3 rings (SSSR count). The quantitative estimate of drug-likeness (QED) is 0.723. The maximum Gasteiger partial charge on any atom is 0.0709 e. The first kappa shape index (κ1) is 11.0. The minimum atomic E-state index is 0.353. The summed E-state index contributed by atoms with van der Waals surface area (Å²) in [5.74, 6) is 0.785. The van der Waals surface area contributed by atoms with Crippen LogP contribution in [-0.4, -0.2) is 63.0 Å². The molecule has 0 aromatic heterocycles. The molecule has 0 radical (unpaired) electrons. The number of nitrogens with zero attached hydrogens (tertiary/aromatic N) is 1. The zero-order valence-electron chi connectivity index (χ0n) is 9.91. The van der Waals surface area contributed by atoms with Gasteiger partial charge in [-0.3, -0.25) is 4.90 Å². The Morgan fingerprint density at radius 2 is 1.69 bits per heavy atom. The van der Waals surface area contributed by atoms with Crippen LogP contribution in [0.25, 0.3) is 0 Å². The summed E-state index contributed by atoms with van der Waals surface area (Å²) in [7, 11) is 0. The average molecular weight is 226 g/mol. The molecule has 4 nitrogen and oxygen atoms in total. The van der Waals surface area contributed by atoms with Crippen LogP contribution < -0.4 is 5.32 Å². The Bertz CT molecular complexity index is 211. The first-order valence-electron chi connectivity index (χ1n) is 6.53. The van der Waals surface area contributed by atoms with E-state index < -0.39 is 0 Å². The SMILES string of the molecule is C1CN(C2(C3CCOCC3)COC2)CCN1. The molecule has 3 aliphatic heterocycles. The molecule has 0 aliphatic carbocycles. The van der Waals surface area contributed by atoms with Crippen molar-refractivity contribution in [2.75, 3.05) is 52.6 Å². The molecule has 16 heavy (non-hydrogen) atoms. The van der Waals surface area contributed by atoms with Crippen LogP contribution in [0.2, 0.25) is 0 Å². The van der Waals surface area contributed by atoms with Crippen LogP contribution in [0.15, 0.2) is 0 Å². The topological polar surface area (TPSA) is 33.7 Å². The molecule has 0 amide bonds. The van der Waals surface area contributed by atoms with Crippen LogP contribution in [0.1, 0.15) is 12.8 Å². The standard InChI is InChI=1S/C12H22N2O2/c1-7-15-8-2-11(1)12(9-16-10-12)14-5-3-13-4-6-14/h11,13H,1-10H2. The van der Waals surface area contributed by atoms with Crippen molar-refractivity contribution < 1.29 is 9.47 Å². The summed E-state index contributed by atoms with van der Waals surface area (Å²) in [5, 5.41) is 3.43. The number of hydrogen-bond acceptors (Lipinski definition) is 4. The highest BCUT2D eigenvalue weighted by Crippen LogP contribution is 2.38. The van der Waals surface area contributed by atoms with Gasteiger partial charge in [-0.25, -0.2) is 0 Å². The van der Waals surface area contributed by atoms with Crippen LogP contribution in [0.4, 0.5) is 0 Å². The molecule has 0 aromatic rings. The molecule has 4 heteroatoms. The van der Waals surface area contributed by atoms with Crippen LogP contribution >= 0.6 is 0 Å². The Morgan fingerprint density at radius 1 is 1.00 bits per heavy atom. The van der Waals surface area contributed by atoms with Crippen molar-refractivity contribution in [2.45, 2.75) is 18.4 Å². The van der Waals surface area contributed by atoms with Gasteiger partial charge in [0.2, 0.25) is 0 Å². The van der Waals surface area contributed by atoms with Gasteiger partial charge < -0.3 is 14.8 Å². The van der Waals surface area contributed by atoms with E-state index >= 15 is 0 Å². The summed E-state index contributed by atoms with van der Waals surface area (Å²) in [5.41, 5.74) is 0.353. The maximum atomic E-state index is 5.54. The maximum absolute atomic E-state index is 5.54. The van der Waals surface area contributed by atoms with Crippen LogP contribution in [-0.2, 0) is 9.47 Å². The van der Waals surface area contributed by atoms with E-state index in [9.17, 15) is 0 Å². The minimum absolute atomic E-state index is 0.353. The summed E-state index contributed by atoms with van der Waals surface area (Å²) in [4.78, 5) is 2.67. The fourth-order valence-electron chi connectivity index (χ4n) is 3.33. The first-order chi connectivity index (χ1) is 7.92. The second kappa shape index (κ2) is 4.61. The number of nitrogens with one attached hydrogen (secondary N) is 1. The van der Waals surface area contributed by atoms with Gasteiger partial charge in [0.25, 0.3) is 0 Å². The lowest BCUT2D eigenvalue weighted by Crippen LogP contribution is -2.69. The summed E-state index contributed by atoms with van der Waals surface area (Å²) < 4.78 is 11.0. The summed E-state index contributed by atoms with van der Waals surface area (Å²) in [6.45, 7) is 8.39. The molecule has 0 bridgehead atoms. The normalized spacial score (nSPS) is 32.2. The van der Waals surface area contributed by atoms with Crippen molar-refractivity contribution in [2.24, 2.45) is 5.92 Å². The molecule has 92 valence electrons. The lowest BCUT2D eigenvalue weighted by atomic mass is 9.75. The third-order valence-corrected chi connectivity index (χ3v) is 4.43. The lowest BCUT2D eigenvalue weighted by molar-refractivity contribution is -0.184. The predicted octanol–water partition coefficient (Wildman–Crippen LogP) is 0.0872. The Hall–Kier alpha value is -0.160. The summed E-state index contributed by atoms with van der Waals surface area (Å²) in [6.07, 6.45) is 2.43. The number of ether oxygens (including phenoxy) is 2. The molecule has 0 saturated carbocycles. The average Bonchev–Trinajstić information content (AvgIpc) is 2.31. The molecule has 0 unspecified atom stereocenters. The largest absolute Gasteiger partial charge is 0.381 e. The van der Waals surface area contributed by atoms with Gasteiger partial charge in [-0.05, 0) is 18.8 Å². The Labute approximate surface area is 97.3 Å². The van der Waals surface area contributed by atoms with E-state index in [0.29, 0.717) is 5.54 Å². The zero-order valence-corrected chi connectivity index (χ0v) is 9.91. The second-order valence-electron chi connectivity index (χ2n) is 5.22. The van der Waals surface area contributed by atoms with Crippen LogP contribution in [0.5, 0.6) is 0 Å². The van der Waals surface area contributed by atoms with Crippen molar-refractivity contribution >= 4 is 0 Å². The molecule has 0 atom stereocenters. The molecule has 3 aliphatic rings. The fraction of sp³-hybridized carbons (Fsp3) is 1.00. The van der Waals surface area contributed by atoms with Gasteiger partial charge in [-0.15, -0.1) is 0 Å².